The Balaban J connectivity index is 0.00000169. The molecule has 8 N–H and O–H groups in total. The van der Waals surface area contributed by atoms with Gasteiger partial charge in [0.05, 0.1) is 0 Å². The number of β-lactam (4-membered cyclic amide) rings is 1. The number of nitrogens with two attached hydrogens (primary N) is 1. The normalized spacial score (nSPS) is 26.5. The number of rotatable bonds is 4. The number of amides is 2. The first-order valence-electron chi connectivity index (χ1n) is 7.58. The second-order valence-electron chi connectivity index (χ2n) is 6.47. The Bertz CT molecular complexity index is 698. The quantitative estimate of drug-likeness (QED) is 0.541. The summed E-state index contributed by atoms with van der Waals surface area (Å²) in [6.45, 7) is 3.58. The Hall–Kier alpha value is -2.14. The van der Waals surface area contributed by atoms with Gasteiger partial charge >= 0.3 is 5.97 Å². The van der Waals surface area contributed by atoms with Crippen LogP contribution in [0.3, 0.4) is 0 Å². The van der Waals surface area contributed by atoms with Crippen LogP contribution in [0.15, 0.2) is 30.3 Å². The van der Waals surface area contributed by atoms with Crippen molar-refractivity contribution in [1.29, 1.82) is 0 Å². The molecule has 0 aliphatic carbocycles. The molecule has 26 heavy (non-hydrogen) atoms. The number of fused-ring (bicyclic) bond motifs is 1. The molecule has 0 aromatic heterocycles. The number of hydrogen-bond donors (Lipinski definition) is 3. The highest BCUT2D eigenvalue weighted by Gasteiger charge is 2.64. The predicted molar refractivity (Wildman–Crippen MR) is 96.3 cm³/mol. The maximum absolute atomic E-state index is 12.3. The largest absolute Gasteiger partial charge is 0.480 e. The van der Waals surface area contributed by atoms with Crippen LogP contribution in [0.25, 0.3) is 0 Å². The maximum atomic E-state index is 12.3. The van der Waals surface area contributed by atoms with E-state index in [0.717, 1.165) is 0 Å². The summed E-state index contributed by atoms with van der Waals surface area (Å²) in [5, 5.41) is 11.7. The molecule has 0 unspecified atom stereocenters. The van der Waals surface area contributed by atoms with Crippen molar-refractivity contribution >= 4 is 29.5 Å². The van der Waals surface area contributed by atoms with Crippen LogP contribution in [0.1, 0.15) is 25.5 Å². The summed E-state index contributed by atoms with van der Waals surface area (Å²) >= 11 is 1.38. The Kier molecular flexibility index (Phi) is 6.42. The van der Waals surface area contributed by atoms with E-state index in [1.54, 1.807) is 38.1 Å². The molecule has 2 amide bonds. The van der Waals surface area contributed by atoms with Crippen LogP contribution in [0, 0.1) is 0 Å². The SMILES string of the molecule is CC1(C)S[C@@H]2[C@H](NC(=O)[C@H](N)c3ccccc3)C(=O)N2[C@H]1C(=O)O.O.O. The second-order valence-corrected chi connectivity index (χ2v) is 8.24. The fourth-order valence-electron chi connectivity index (χ4n) is 3.20. The lowest BCUT2D eigenvalue weighted by Gasteiger charge is -2.43. The molecule has 0 spiro atoms. The van der Waals surface area contributed by atoms with Gasteiger partial charge in [-0.1, -0.05) is 30.3 Å². The highest BCUT2D eigenvalue weighted by Crippen LogP contribution is 2.50. The molecule has 1 aromatic rings. The van der Waals surface area contributed by atoms with Gasteiger partial charge in [0.2, 0.25) is 11.8 Å². The summed E-state index contributed by atoms with van der Waals surface area (Å²) in [5.41, 5.74) is 6.59. The zero-order valence-electron chi connectivity index (χ0n) is 14.3. The number of carbonyl (C=O) groups excluding carboxylic acids is 2. The fraction of sp³-hybridized carbons (Fsp3) is 0.438. The van der Waals surface area contributed by atoms with E-state index in [-0.39, 0.29) is 22.2 Å². The van der Waals surface area contributed by atoms with Crippen molar-refractivity contribution in [3.05, 3.63) is 35.9 Å². The average molecular weight is 385 g/mol. The standard InChI is InChI=1S/C16H19N3O4S.2H2O/c1-16(2)11(15(22)23)19-13(21)10(14(19)24-16)18-12(20)9(17)8-6-4-3-5-7-8;;/h3-7,9-11,14H,17H2,1-2H3,(H,18,20)(H,22,23);2*1H2/t9-,10-,11+,14-;;/m1../s1. The molecule has 0 saturated carbocycles. The summed E-state index contributed by atoms with van der Waals surface area (Å²) in [7, 11) is 0. The lowest BCUT2D eigenvalue weighted by atomic mass is 9.95. The number of carbonyl (C=O) groups is 3. The predicted octanol–water partition coefficient (Wildman–Crippen LogP) is -1.33. The summed E-state index contributed by atoms with van der Waals surface area (Å²) in [6.07, 6.45) is 0. The zero-order chi connectivity index (χ0) is 17.6. The molecule has 0 bridgehead atoms. The molecule has 2 heterocycles. The van der Waals surface area contributed by atoms with Crippen LogP contribution in [0.5, 0.6) is 0 Å². The summed E-state index contributed by atoms with van der Waals surface area (Å²) in [4.78, 5) is 37.5. The molecule has 2 aliphatic rings. The molecular formula is C16H23N3O6S. The fourth-order valence-corrected chi connectivity index (χ4v) is 4.83. The van der Waals surface area contributed by atoms with E-state index >= 15 is 0 Å². The first-order chi connectivity index (χ1) is 11.2. The molecule has 3 rings (SSSR count). The van der Waals surface area contributed by atoms with Crippen molar-refractivity contribution in [3.8, 4) is 0 Å². The van der Waals surface area contributed by atoms with Crippen LogP contribution < -0.4 is 11.1 Å². The number of carboxylic acid groups (broad SMARTS) is 1. The number of thioether (sulfide) groups is 1. The Labute approximate surface area is 154 Å². The van der Waals surface area contributed by atoms with E-state index in [1.165, 1.54) is 16.7 Å². The Morgan fingerprint density at radius 1 is 1.27 bits per heavy atom. The lowest BCUT2D eigenvalue weighted by Crippen LogP contribution is -2.71. The molecule has 0 radical (unpaired) electrons. The molecule has 144 valence electrons. The number of nitrogens with one attached hydrogen (secondary N) is 1. The monoisotopic (exact) mass is 385 g/mol. The van der Waals surface area contributed by atoms with Crippen molar-refractivity contribution in [2.45, 2.75) is 42.1 Å². The first-order valence-corrected chi connectivity index (χ1v) is 8.45. The van der Waals surface area contributed by atoms with Gasteiger partial charge in [-0.25, -0.2) is 4.79 Å². The van der Waals surface area contributed by atoms with E-state index < -0.39 is 34.7 Å². The van der Waals surface area contributed by atoms with Gasteiger partial charge in [-0.2, -0.15) is 0 Å². The van der Waals surface area contributed by atoms with E-state index in [0.29, 0.717) is 5.56 Å². The van der Waals surface area contributed by atoms with Crippen LogP contribution >= 0.6 is 11.8 Å². The third-order valence-corrected chi connectivity index (χ3v) is 5.99. The second kappa shape index (κ2) is 7.62. The smallest absolute Gasteiger partial charge is 0.327 e. The van der Waals surface area contributed by atoms with Gasteiger partial charge in [-0.3, -0.25) is 9.59 Å². The van der Waals surface area contributed by atoms with Crippen LogP contribution in [-0.2, 0) is 14.4 Å². The number of aliphatic carboxylic acids is 1. The molecule has 9 nitrogen and oxygen atoms in total. The van der Waals surface area contributed by atoms with Gasteiger partial charge in [0.15, 0.2) is 0 Å². The minimum absolute atomic E-state index is 0. The van der Waals surface area contributed by atoms with Gasteiger partial charge in [0.1, 0.15) is 23.5 Å². The molecule has 10 heteroatoms. The van der Waals surface area contributed by atoms with Gasteiger partial charge < -0.3 is 32.0 Å². The van der Waals surface area contributed by atoms with E-state index in [1.807, 2.05) is 6.07 Å². The van der Waals surface area contributed by atoms with E-state index in [9.17, 15) is 19.5 Å². The molecule has 4 atom stereocenters. The van der Waals surface area contributed by atoms with Crippen LogP contribution in [0.2, 0.25) is 0 Å². The molecule has 2 aliphatic heterocycles. The minimum atomic E-state index is -1.03. The average Bonchev–Trinajstić information content (AvgIpc) is 2.80. The van der Waals surface area contributed by atoms with Gasteiger partial charge in [0.25, 0.3) is 0 Å². The third-order valence-electron chi connectivity index (χ3n) is 4.41. The summed E-state index contributed by atoms with van der Waals surface area (Å²) in [6, 6.07) is 6.38. The molecular weight excluding hydrogens is 362 g/mol. The topological polar surface area (TPSA) is 176 Å². The van der Waals surface area contributed by atoms with Gasteiger partial charge in [-0.05, 0) is 19.4 Å². The van der Waals surface area contributed by atoms with Crippen molar-refractivity contribution < 1.29 is 30.4 Å². The van der Waals surface area contributed by atoms with Crippen molar-refractivity contribution in [1.82, 2.24) is 10.2 Å². The number of carboxylic acids is 1. The Morgan fingerprint density at radius 2 is 1.85 bits per heavy atom. The van der Waals surface area contributed by atoms with Crippen molar-refractivity contribution in [2.75, 3.05) is 0 Å². The zero-order valence-corrected chi connectivity index (χ0v) is 15.1. The summed E-state index contributed by atoms with van der Waals surface area (Å²) < 4.78 is -0.618. The van der Waals surface area contributed by atoms with Crippen molar-refractivity contribution in [3.63, 3.8) is 0 Å². The highest BCUT2D eigenvalue weighted by molar-refractivity contribution is 8.01. The highest BCUT2D eigenvalue weighted by atomic mass is 32.2. The molecule has 2 fully saturated rings. The number of benzene rings is 1. The van der Waals surface area contributed by atoms with Crippen LogP contribution in [0.4, 0.5) is 0 Å². The molecule has 2 saturated heterocycles. The first kappa shape index (κ1) is 21.9. The number of hydrogen-bond acceptors (Lipinski definition) is 5. The summed E-state index contributed by atoms with van der Waals surface area (Å²) in [5.74, 6) is -1.86. The van der Waals surface area contributed by atoms with E-state index in [2.05, 4.69) is 5.32 Å². The van der Waals surface area contributed by atoms with Gasteiger partial charge in [-0.15, -0.1) is 11.8 Å². The molecule has 1 aromatic carbocycles. The van der Waals surface area contributed by atoms with Crippen molar-refractivity contribution in [2.24, 2.45) is 5.73 Å². The minimum Gasteiger partial charge on any atom is -0.480 e. The third kappa shape index (κ3) is 3.40. The lowest BCUT2D eigenvalue weighted by molar-refractivity contribution is -0.161. The van der Waals surface area contributed by atoms with Crippen LogP contribution in [-0.4, -0.2) is 60.9 Å². The van der Waals surface area contributed by atoms with Gasteiger partial charge in [0, 0.05) is 4.75 Å². The number of nitrogens with zero attached hydrogens (tertiary/aromatic N) is 1. The Morgan fingerprint density at radius 3 is 2.38 bits per heavy atom. The maximum Gasteiger partial charge on any atom is 0.327 e. The van der Waals surface area contributed by atoms with E-state index in [4.69, 9.17) is 5.73 Å².